The van der Waals surface area contributed by atoms with E-state index in [2.05, 4.69) is 28.3 Å². The van der Waals surface area contributed by atoms with E-state index in [-0.39, 0.29) is 6.04 Å². The van der Waals surface area contributed by atoms with Crippen LogP contribution in [0.1, 0.15) is 24.1 Å². The lowest BCUT2D eigenvalue weighted by Crippen LogP contribution is -2.08. The highest BCUT2D eigenvalue weighted by molar-refractivity contribution is 5.86. The van der Waals surface area contributed by atoms with Crippen molar-refractivity contribution < 1.29 is 0 Å². The van der Waals surface area contributed by atoms with Gasteiger partial charge in [-0.2, -0.15) is 5.26 Å². The van der Waals surface area contributed by atoms with Gasteiger partial charge in [0.2, 0.25) is 0 Å². The molecule has 0 saturated carbocycles. The van der Waals surface area contributed by atoms with E-state index in [4.69, 9.17) is 0 Å². The molecule has 0 amide bonds. The largest absolute Gasteiger partial charge is 0.363 e. The number of hydrogen-bond acceptors (Lipinski definition) is 4. The molecule has 0 fully saturated rings. The number of fused-ring (bicyclic) bond motifs is 1. The van der Waals surface area contributed by atoms with E-state index in [0.29, 0.717) is 11.4 Å². The predicted octanol–water partition coefficient (Wildman–Crippen LogP) is 3.67. The second-order valence-corrected chi connectivity index (χ2v) is 4.83. The fourth-order valence-corrected chi connectivity index (χ4v) is 2.30. The van der Waals surface area contributed by atoms with Gasteiger partial charge < -0.3 is 5.32 Å². The molecule has 102 valence electrons. The highest BCUT2D eigenvalue weighted by Crippen LogP contribution is 2.23. The van der Waals surface area contributed by atoms with Gasteiger partial charge in [0.25, 0.3) is 0 Å². The minimum absolute atomic E-state index is 0.0909. The van der Waals surface area contributed by atoms with Gasteiger partial charge in [-0.05, 0) is 36.8 Å². The van der Waals surface area contributed by atoms with Gasteiger partial charge in [-0.3, -0.25) is 4.98 Å². The first-order chi connectivity index (χ1) is 10.3. The lowest BCUT2D eigenvalue weighted by Gasteiger charge is -2.15. The van der Waals surface area contributed by atoms with Crippen molar-refractivity contribution in [3.8, 4) is 6.07 Å². The van der Waals surface area contributed by atoms with Crippen LogP contribution in [-0.2, 0) is 0 Å². The lowest BCUT2D eigenvalue weighted by atomic mass is 10.1. The predicted molar refractivity (Wildman–Crippen MR) is 82.7 cm³/mol. The molecule has 1 N–H and O–H groups in total. The molecule has 4 nitrogen and oxygen atoms in total. The van der Waals surface area contributed by atoms with Crippen LogP contribution in [0.5, 0.6) is 0 Å². The Kier molecular flexibility index (Phi) is 3.48. The Bertz CT molecular complexity index is 806. The summed E-state index contributed by atoms with van der Waals surface area (Å²) in [6.07, 6.45) is 3.53. The zero-order valence-electron chi connectivity index (χ0n) is 11.6. The standard InChI is InChI=1S/C17H14N4/c1-12(13-6-8-19-9-7-13)20-17-10-14(11-18)15-4-2-3-5-16(15)21-17/h2-10,12H,1H3,(H,20,21). The average Bonchev–Trinajstić information content (AvgIpc) is 2.55. The summed E-state index contributed by atoms with van der Waals surface area (Å²) >= 11 is 0. The fraction of sp³-hybridized carbons (Fsp3) is 0.118. The molecule has 0 bridgehead atoms. The Balaban J connectivity index is 1.96. The first-order valence-electron chi connectivity index (χ1n) is 6.74. The number of benzene rings is 1. The maximum Gasteiger partial charge on any atom is 0.128 e. The molecule has 0 aliphatic heterocycles. The molecule has 1 atom stereocenters. The van der Waals surface area contributed by atoms with E-state index < -0.39 is 0 Å². The van der Waals surface area contributed by atoms with Gasteiger partial charge in [-0.25, -0.2) is 4.98 Å². The van der Waals surface area contributed by atoms with Crippen LogP contribution in [0.3, 0.4) is 0 Å². The maximum atomic E-state index is 9.30. The average molecular weight is 274 g/mol. The molecule has 2 heterocycles. The fourth-order valence-electron chi connectivity index (χ4n) is 2.30. The molecule has 0 spiro atoms. The summed E-state index contributed by atoms with van der Waals surface area (Å²) in [7, 11) is 0. The van der Waals surface area contributed by atoms with Gasteiger partial charge in [0.05, 0.1) is 23.2 Å². The Hall–Kier alpha value is -2.93. The lowest BCUT2D eigenvalue weighted by molar-refractivity contribution is 0.872. The molecular weight excluding hydrogens is 260 g/mol. The number of pyridine rings is 2. The number of para-hydroxylation sites is 1. The highest BCUT2D eigenvalue weighted by Gasteiger charge is 2.09. The molecule has 0 aliphatic carbocycles. The summed E-state index contributed by atoms with van der Waals surface area (Å²) in [5, 5.41) is 13.5. The van der Waals surface area contributed by atoms with Crippen molar-refractivity contribution in [1.29, 1.82) is 5.26 Å². The minimum Gasteiger partial charge on any atom is -0.363 e. The molecule has 21 heavy (non-hydrogen) atoms. The normalized spacial score (nSPS) is 11.8. The molecule has 3 rings (SSSR count). The smallest absolute Gasteiger partial charge is 0.128 e. The first kappa shape index (κ1) is 13.1. The van der Waals surface area contributed by atoms with Crippen molar-refractivity contribution in [2.24, 2.45) is 0 Å². The minimum atomic E-state index is 0.0909. The molecule has 0 radical (unpaired) electrons. The van der Waals surface area contributed by atoms with Crippen molar-refractivity contribution in [3.05, 3.63) is 66.0 Å². The third kappa shape index (κ3) is 2.67. The summed E-state index contributed by atoms with van der Waals surface area (Å²) in [4.78, 5) is 8.59. The zero-order chi connectivity index (χ0) is 14.7. The number of rotatable bonds is 3. The number of nitrogens with one attached hydrogen (secondary N) is 1. The number of hydrogen-bond donors (Lipinski definition) is 1. The van der Waals surface area contributed by atoms with Gasteiger partial charge in [-0.1, -0.05) is 18.2 Å². The van der Waals surface area contributed by atoms with Crippen LogP contribution in [0.25, 0.3) is 10.9 Å². The monoisotopic (exact) mass is 274 g/mol. The summed E-state index contributed by atoms with van der Waals surface area (Å²) in [6.45, 7) is 2.05. The van der Waals surface area contributed by atoms with E-state index in [1.807, 2.05) is 36.4 Å². The first-order valence-corrected chi connectivity index (χ1v) is 6.74. The summed E-state index contributed by atoms with van der Waals surface area (Å²) in [5.41, 5.74) is 2.57. The molecular formula is C17H14N4. The van der Waals surface area contributed by atoms with E-state index in [1.54, 1.807) is 18.5 Å². The van der Waals surface area contributed by atoms with Crippen LogP contribution in [-0.4, -0.2) is 9.97 Å². The second kappa shape index (κ2) is 5.59. The van der Waals surface area contributed by atoms with Crippen molar-refractivity contribution in [1.82, 2.24) is 9.97 Å². The Morgan fingerprint density at radius 1 is 1.14 bits per heavy atom. The van der Waals surface area contributed by atoms with Gasteiger partial charge in [-0.15, -0.1) is 0 Å². The van der Waals surface area contributed by atoms with Gasteiger partial charge in [0, 0.05) is 17.8 Å². The van der Waals surface area contributed by atoms with E-state index in [9.17, 15) is 5.26 Å². The van der Waals surface area contributed by atoms with Crippen molar-refractivity contribution in [3.63, 3.8) is 0 Å². The molecule has 3 aromatic rings. The quantitative estimate of drug-likeness (QED) is 0.791. The Morgan fingerprint density at radius 2 is 1.90 bits per heavy atom. The molecule has 4 heteroatoms. The molecule has 1 unspecified atom stereocenters. The number of nitrogens with zero attached hydrogens (tertiary/aromatic N) is 3. The SMILES string of the molecule is CC(Nc1cc(C#N)c2ccccc2n1)c1ccncc1. The summed E-state index contributed by atoms with van der Waals surface area (Å²) in [5.74, 6) is 0.703. The third-order valence-corrected chi connectivity index (χ3v) is 3.41. The van der Waals surface area contributed by atoms with Crippen LogP contribution < -0.4 is 5.32 Å². The Morgan fingerprint density at radius 3 is 2.67 bits per heavy atom. The number of aromatic nitrogens is 2. The van der Waals surface area contributed by atoms with Gasteiger partial charge in [0.1, 0.15) is 5.82 Å². The maximum absolute atomic E-state index is 9.30. The van der Waals surface area contributed by atoms with Gasteiger partial charge in [0.15, 0.2) is 0 Å². The second-order valence-electron chi connectivity index (χ2n) is 4.83. The number of anilines is 1. The third-order valence-electron chi connectivity index (χ3n) is 3.41. The van der Waals surface area contributed by atoms with Crippen molar-refractivity contribution in [2.75, 3.05) is 5.32 Å². The topological polar surface area (TPSA) is 61.6 Å². The Labute approximate surface area is 123 Å². The van der Waals surface area contributed by atoms with Crippen LogP contribution in [0, 0.1) is 11.3 Å². The van der Waals surface area contributed by atoms with Crippen LogP contribution in [0.4, 0.5) is 5.82 Å². The number of nitriles is 1. The van der Waals surface area contributed by atoms with Crippen molar-refractivity contribution >= 4 is 16.7 Å². The van der Waals surface area contributed by atoms with Crippen LogP contribution in [0.15, 0.2) is 54.9 Å². The van der Waals surface area contributed by atoms with E-state index >= 15 is 0 Å². The van der Waals surface area contributed by atoms with E-state index in [0.717, 1.165) is 16.5 Å². The highest BCUT2D eigenvalue weighted by atomic mass is 15.0. The van der Waals surface area contributed by atoms with Crippen molar-refractivity contribution in [2.45, 2.75) is 13.0 Å². The molecule has 0 aliphatic rings. The molecule has 2 aromatic heterocycles. The van der Waals surface area contributed by atoms with Crippen LogP contribution in [0.2, 0.25) is 0 Å². The van der Waals surface area contributed by atoms with E-state index in [1.165, 1.54) is 0 Å². The zero-order valence-corrected chi connectivity index (χ0v) is 11.6. The van der Waals surface area contributed by atoms with Gasteiger partial charge >= 0.3 is 0 Å². The molecule has 1 aromatic carbocycles. The molecule has 0 saturated heterocycles. The summed E-state index contributed by atoms with van der Waals surface area (Å²) in [6, 6.07) is 15.7. The summed E-state index contributed by atoms with van der Waals surface area (Å²) < 4.78 is 0. The van der Waals surface area contributed by atoms with Crippen LogP contribution >= 0.6 is 0 Å².